The van der Waals surface area contributed by atoms with Gasteiger partial charge in [-0.3, -0.25) is 15.0 Å². The van der Waals surface area contributed by atoms with Crippen molar-refractivity contribution in [3.63, 3.8) is 0 Å². The number of nitrogens with zero attached hydrogens (tertiary/aromatic N) is 4. The molecule has 11 heteroatoms. The average Bonchev–Trinajstić information content (AvgIpc) is 3.11. The maximum absolute atomic E-state index is 12.2. The van der Waals surface area contributed by atoms with Gasteiger partial charge in [-0.05, 0) is 29.8 Å². The highest BCUT2D eigenvalue weighted by atomic mass is 16.6. The van der Waals surface area contributed by atoms with Crippen molar-refractivity contribution in [2.75, 3.05) is 20.3 Å². The molecule has 2 saturated heterocycles. The molecule has 0 spiro atoms. The molecule has 2 aliphatic rings. The zero-order valence-electron chi connectivity index (χ0n) is 16.0. The first-order valence-corrected chi connectivity index (χ1v) is 9.05. The lowest BCUT2D eigenvalue weighted by Gasteiger charge is -2.34. The summed E-state index contributed by atoms with van der Waals surface area (Å²) in [6.07, 6.45) is -1.16. The van der Waals surface area contributed by atoms with Crippen LogP contribution in [-0.2, 0) is 14.3 Å². The van der Waals surface area contributed by atoms with Crippen molar-refractivity contribution in [1.29, 1.82) is 0 Å². The molecule has 0 radical (unpaired) electrons. The Bertz CT molecular complexity index is 838. The Morgan fingerprint density at radius 3 is 2.76 bits per heavy atom. The lowest BCUT2D eigenvalue weighted by molar-refractivity contribution is -0.128. The van der Waals surface area contributed by atoms with Crippen LogP contribution in [0.1, 0.15) is 23.7 Å². The van der Waals surface area contributed by atoms with Crippen LogP contribution in [0.2, 0.25) is 0 Å². The fraction of sp³-hybridized carbons (Fsp3) is 0.500. The van der Waals surface area contributed by atoms with Crippen molar-refractivity contribution in [2.45, 2.75) is 31.7 Å². The Hall–Kier alpha value is -3.30. The first kappa shape index (κ1) is 20.4. The fourth-order valence-corrected chi connectivity index (χ4v) is 3.22. The number of methoxy groups -OCH3 is 1. The Balaban J connectivity index is 1.63. The number of azide groups is 1. The molecule has 2 aliphatic heterocycles. The predicted octanol–water partition coefficient (Wildman–Crippen LogP) is 1.83. The van der Waals surface area contributed by atoms with Gasteiger partial charge in [0.05, 0.1) is 24.6 Å². The monoisotopic (exact) mass is 403 g/mol. The SMILES string of the molecule is COc1ccc(C(=O)OC[C@H]2O[C@@H](N3CC(C)C(=O)NC3=O)C[C@@H]2N=[N+]=[N-])cc1. The number of urea groups is 1. The lowest BCUT2D eigenvalue weighted by Crippen LogP contribution is -2.57. The number of carbonyl (C=O) groups excluding carboxylic acids is 3. The summed E-state index contributed by atoms with van der Waals surface area (Å²) in [4.78, 5) is 40.2. The van der Waals surface area contributed by atoms with E-state index in [4.69, 9.17) is 19.7 Å². The Morgan fingerprint density at radius 2 is 2.10 bits per heavy atom. The van der Waals surface area contributed by atoms with Gasteiger partial charge in [-0.15, -0.1) is 0 Å². The average molecular weight is 403 g/mol. The third-order valence-corrected chi connectivity index (χ3v) is 4.87. The molecule has 1 aromatic carbocycles. The molecule has 0 bridgehead atoms. The van der Waals surface area contributed by atoms with E-state index in [1.807, 2.05) is 0 Å². The Morgan fingerprint density at radius 1 is 1.38 bits per heavy atom. The van der Waals surface area contributed by atoms with Gasteiger partial charge in [0.1, 0.15) is 24.7 Å². The molecule has 11 nitrogen and oxygen atoms in total. The van der Waals surface area contributed by atoms with E-state index in [0.29, 0.717) is 11.3 Å². The highest BCUT2D eigenvalue weighted by molar-refractivity contribution is 5.97. The van der Waals surface area contributed by atoms with Gasteiger partial charge in [-0.25, -0.2) is 9.59 Å². The van der Waals surface area contributed by atoms with Crippen LogP contribution in [0.3, 0.4) is 0 Å². The topological polar surface area (TPSA) is 143 Å². The maximum atomic E-state index is 12.2. The largest absolute Gasteiger partial charge is 0.497 e. The molecule has 1 N–H and O–H groups in total. The second kappa shape index (κ2) is 8.80. The summed E-state index contributed by atoms with van der Waals surface area (Å²) in [7, 11) is 1.52. The van der Waals surface area contributed by atoms with Gasteiger partial charge < -0.3 is 14.2 Å². The van der Waals surface area contributed by atoms with E-state index in [9.17, 15) is 14.4 Å². The molecule has 0 aromatic heterocycles. The first-order chi connectivity index (χ1) is 13.9. The van der Waals surface area contributed by atoms with Gasteiger partial charge in [-0.2, -0.15) is 0 Å². The summed E-state index contributed by atoms with van der Waals surface area (Å²) in [5.41, 5.74) is 9.16. The van der Waals surface area contributed by atoms with Crippen LogP contribution < -0.4 is 10.1 Å². The zero-order valence-corrected chi connectivity index (χ0v) is 16.0. The molecule has 3 amide bonds. The maximum Gasteiger partial charge on any atom is 0.338 e. The molecule has 1 unspecified atom stereocenters. The molecule has 0 saturated carbocycles. The molecule has 1 aromatic rings. The summed E-state index contributed by atoms with van der Waals surface area (Å²) >= 11 is 0. The predicted molar refractivity (Wildman–Crippen MR) is 98.9 cm³/mol. The van der Waals surface area contributed by atoms with Gasteiger partial charge in [0.25, 0.3) is 0 Å². The molecule has 2 heterocycles. The molecule has 0 aliphatic carbocycles. The van der Waals surface area contributed by atoms with Gasteiger partial charge in [0, 0.05) is 17.9 Å². The van der Waals surface area contributed by atoms with E-state index in [1.54, 1.807) is 31.2 Å². The zero-order chi connectivity index (χ0) is 21.0. The summed E-state index contributed by atoms with van der Waals surface area (Å²) < 4.78 is 16.2. The van der Waals surface area contributed by atoms with Gasteiger partial charge in [0.2, 0.25) is 5.91 Å². The minimum absolute atomic E-state index is 0.144. The summed E-state index contributed by atoms with van der Waals surface area (Å²) in [5.74, 6) is -0.684. The number of carbonyl (C=O) groups is 3. The highest BCUT2D eigenvalue weighted by Crippen LogP contribution is 2.28. The quantitative estimate of drug-likeness (QED) is 0.332. The number of imide groups is 1. The van der Waals surface area contributed by atoms with E-state index in [0.717, 1.165) is 0 Å². The number of rotatable bonds is 6. The number of hydrogen-bond donors (Lipinski definition) is 1. The fourth-order valence-electron chi connectivity index (χ4n) is 3.22. The van der Waals surface area contributed by atoms with Crippen LogP contribution in [0.4, 0.5) is 4.79 Å². The number of amides is 3. The van der Waals surface area contributed by atoms with Crippen molar-refractivity contribution in [3.8, 4) is 5.75 Å². The van der Waals surface area contributed by atoms with E-state index >= 15 is 0 Å². The van der Waals surface area contributed by atoms with Crippen LogP contribution in [0.15, 0.2) is 29.4 Å². The Labute approximate surface area is 166 Å². The van der Waals surface area contributed by atoms with Gasteiger partial charge in [0.15, 0.2) is 0 Å². The van der Waals surface area contributed by atoms with Crippen molar-refractivity contribution in [1.82, 2.24) is 10.2 Å². The number of nitrogens with one attached hydrogen (secondary N) is 1. The summed E-state index contributed by atoms with van der Waals surface area (Å²) in [6.45, 7) is 1.74. The van der Waals surface area contributed by atoms with Crippen molar-refractivity contribution >= 4 is 17.9 Å². The van der Waals surface area contributed by atoms with Gasteiger partial charge >= 0.3 is 12.0 Å². The van der Waals surface area contributed by atoms with Crippen LogP contribution in [0, 0.1) is 5.92 Å². The van der Waals surface area contributed by atoms with Gasteiger partial charge in [-0.1, -0.05) is 12.0 Å². The third kappa shape index (κ3) is 4.58. The van der Waals surface area contributed by atoms with Crippen molar-refractivity contribution in [2.24, 2.45) is 11.0 Å². The number of esters is 1. The van der Waals surface area contributed by atoms with Crippen LogP contribution in [-0.4, -0.2) is 61.4 Å². The summed E-state index contributed by atoms with van der Waals surface area (Å²) in [6, 6.07) is 5.24. The second-order valence-corrected chi connectivity index (χ2v) is 6.81. The van der Waals surface area contributed by atoms with E-state index < -0.39 is 30.4 Å². The van der Waals surface area contributed by atoms with E-state index in [2.05, 4.69) is 15.3 Å². The van der Waals surface area contributed by atoms with Crippen LogP contribution >= 0.6 is 0 Å². The minimum atomic E-state index is -0.709. The third-order valence-electron chi connectivity index (χ3n) is 4.87. The van der Waals surface area contributed by atoms with Crippen LogP contribution in [0.5, 0.6) is 5.75 Å². The molecule has 4 atom stereocenters. The van der Waals surface area contributed by atoms with Crippen LogP contribution in [0.25, 0.3) is 10.4 Å². The Kier molecular flexibility index (Phi) is 6.20. The first-order valence-electron chi connectivity index (χ1n) is 9.05. The minimum Gasteiger partial charge on any atom is -0.497 e. The molecule has 29 heavy (non-hydrogen) atoms. The smallest absolute Gasteiger partial charge is 0.338 e. The number of ether oxygens (including phenoxy) is 3. The van der Waals surface area contributed by atoms with Crippen molar-refractivity contribution < 1.29 is 28.6 Å². The van der Waals surface area contributed by atoms with E-state index in [1.165, 1.54) is 12.0 Å². The highest BCUT2D eigenvalue weighted by Gasteiger charge is 2.43. The van der Waals surface area contributed by atoms with E-state index in [-0.39, 0.29) is 31.4 Å². The lowest BCUT2D eigenvalue weighted by atomic mass is 10.1. The number of benzene rings is 1. The molecule has 2 fully saturated rings. The summed E-state index contributed by atoms with van der Waals surface area (Å²) in [5, 5.41) is 5.97. The standard InChI is InChI=1S/C18H21N5O6/c1-10-8-23(18(26)20-16(10)24)15-7-13(21-22-19)14(29-15)9-28-17(25)11-3-5-12(27-2)6-4-11/h3-6,10,13-15H,7-9H2,1-2H3,(H,20,24,26)/t10?,13-,14+,15+/m0/s1. The normalized spacial score (nSPS) is 26.5. The molecule has 154 valence electrons. The molecular weight excluding hydrogens is 382 g/mol. The molecule has 3 rings (SSSR count). The number of hydrogen-bond acceptors (Lipinski definition) is 7. The second-order valence-electron chi connectivity index (χ2n) is 6.81. The van der Waals surface area contributed by atoms with Crippen molar-refractivity contribution in [3.05, 3.63) is 40.3 Å². The molecular formula is C18H21N5O6.